The zero-order valence-corrected chi connectivity index (χ0v) is 24.4. The van der Waals surface area contributed by atoms with Gasteiger partial charge < -0.3 is 24.3 Å². The first-order chi connectivity index (χ1) is 20.2. The van der Waals surface area contributed by atoms with E-state index < -0.39 is 17.5 Å². The van der Waals surface area contributed by atoms with Gasteiger partial charge in [0, 0.05) is 28.9 Å². The number of rotatable bonds is 10. The van der Waals surface area contributed by atoms with Crippen LogP contribution in [0.25, 0.3) is 11.0 Å². The second-order valence-corrected chi connectivity index (χ2v) is 10.6. The molecule has 5 rings (SSSR count). The second-order valence-electron chi connectivity index (χ2n) is 10.6. The van der Waals surface area contributed by atoms with E-state index in [-0.39, 0.29) is 12.5 Å². The summed E-state index contributed by atoms with van der Waals surface area (Å²) in [6, 6.07) is 16.6. The normalized spacial score (nSPS) is 13.4. The van der Waals surface area contributed by atoms with Crippen molar-refractivity contribution in [3.63, 3.8) is 0 Å². The first-order valence-electron chi connectivity index (χ1n) is 13.8. The van der Waals surface area contributed by atoms with Crippen molar-refractivity contribution in [1.29, 1.82) is 0 Å². The maximum Gasteiger partial charge on any atom is 0.249 e. The fourth-order valence-corrected chi connectivity index (χ4v) is 4.79. The molecule has 1 aliphatic rings. The van der Waals surface area contributed by atoms with Crippen LogP contribution in [0.3, 0.4) is 0 Å². The van der Waals surface area contributed by atoms with Gasteiger partial charge in [-0.1, -0.05) is 24.3 Å². The SMILES string of the molecule is CCC(C)(C)NC(=O)[C@@H](c1ccc(OC)cc1OC)N(C(=O)Cn1nnc2ccccc21)c1ccc2c(c1)OCCO2. The molecule has 1 atom stereocenters. The molecule has 0 aliphatic carbocycles. The van der Waals surface area contributed by atoms with E-state index in [0.717, 1.165) is 0 Å². The van der Waals surface area contributed by atoms with E-state index in [4.69, 9.17) is 18.9 Å². The zero-order chi connectivity index (χ0) is 29.9. The molecule has 0 radical (unpaired) electrons. The van der Waals surface area contributed by atoms with Gasteiger partial charge in [0.1, 0.15) is 42.8 Å². The smallest absolute Gasteiger partial charge is 0.249 e. The quantitative estimate of drug-likeness (QED) is 0.299. The van der Waals surface area contributed by atoms with Gasteiger partial charge in [-0.25, -0.2) is 4.68 Å². The van der Waals surface area contributed by atoms with E-state index in [1.54, 1.807) is 43.5 Å². The van der Waals surface area contributed by atoms with E-state index in [1.165, 1.54) is 16.7 Å². The summed E-state index contributed by atoms with van der Waals surface area (Å²) in [7, 11) is 3.07. The first kappa shape index (κ1) is 28.7. The number of carbonyl (C=O) groups excluding carboxylic acids is 2. The predicted octanol–water partition coefficient (Wildman–Crippen LogP) is 4.30. The lowest BCUT2D eigenvalue weighted by atomic mass is 9.97. The Labute approximate surface area is 244 Å². The van der Waals surface area contributed by atoms with E-state index in [1.807, 2.05) is 45.0 Å². The third kappa shape index (κ3) is 5.81. The number of ether oxygens (including phenoxy) is 4. The summed E-state index contributed by atoms with van der Waals surface area (Å²) >= 11 is 0. The number of para-hydroxylation sites is 1. The fraction of sp³-hybridized carbons (Fsp3) is 0.355. The van der Waals surface area contributed by atoms with Crippen LogP contribution in [0.5, 0.6) is 23.0 Å². The third-order valence-corrected chi connectivity index (χ3v) is 7.37. The van der Waals surface area contributed by atoms with Gasteiger partial charge in [0.15, 0.2) is 11.5 Å². The van der Waals surface area contributed by atoms with E-state index in [9.17, 15) is 9.59 Å². The summed E-state index contributed by atoms with van der Waals surface area (Å²) in [5, 5.41) is 11.5. The fourth-order valence-electron chi connectivity index (χ4n) is 4.79. The largest absolute Gasteiger partial charge is 0.497 e. The Kier molecular flexibility index (Phi) is 8.19. The van der Waals surface area contributed by atoms with Crippen LogP contribution in [-0.4, -0.2) is 59.8 Å². The molecular weight excluding hydrogens is 538 g/mol. The van der Waals surface area contributed by atoms with Crippen LogP contribution in [0.4, 0.5) is 5.69 Å². The summed E-state index contributed by atoms with van der Waals surface area (Å²) in [5.74, 6) is 1.22. The standard InChI is InChI=1S/C31H35N5O6/c1-6-31(2,3)32-30(38)29(22-13-12-21(39-4)18-26(22)40-5)36(20-11-14-25-27(17-20)42-16-15-41-25)28(37)19-35-24-10-8-7-9-23(24)33-34-35/h7-14,17-18,29H,6,15-16,19H2,1-5H3,(H,32,38)/t29-/m1/s1. The lowest BCUT2D eigenvalue weighted by molar-refractivity contribution is -0.128. The van der Waals surface area contributed by atoms with Crippen LogP contribution >= 0.6 is 0 Å². The Bertz CT molecular complexity index is 1600. The van der Waals surface area contributed by atoms with Crippen molar-refractivity contribution in [2.45, 2.75) is 45.3 Å². The van der Waals surface area contributed by atoms with Gasteiger partial charge in [0.25, 0.3) is 0 Å². The highest BCUT2D eigenvalue weighted by atomic mass is 16.6. The summed E-state index contributed by atoms with van der Waals surface area (Å²) in [5.41, 5.74) is 1.74. The van der Waals surface area contributed by atoms with Crippen LogP contribution in [-0.2, 0) is 16.1 Å². The predicted molar refractivity (Wildman–Crippen MR) is 157 cm³/mol. The van der Waals surface area contributed by atoms with Crippen molar-refractivity contribution in [2.75, 3.05) is 32.3 Å². The second kappa shape index (κ2) is 12.0. The van der Waals surface area contributed by atoms with Crippen LogP contribution in [0, 0.1) is 0 Å². The molecule has 11 nitrogen and oxygen atoms in total. The average Bonchev–Trinajstić information content (AvgIpc) is 3.41. The van der Waals surface area contributed by atoms with Crippen LogP contribution in [0.2, 0.25) is 0 Å². The molecule has 1 aliphatic heterocycles. The number of nitrogens with zero attached hydrogens (tertiary/aromatic N) is 4. The number of fused-ring (bicyclic) bond motifs is 2. The van der Waals surface area contributed by atoms with Crippen LogP contribution in [0.1, 0.15) is 38.8 Å². The number of carbonyl (C=O) groups is 2. The summed E-state index contributed by atoms with van der Waals surface area (Å²) in [4.78, 5) is 30.2. The highest BCUT2D eigenvalue weighted by Crippen LogP contribution is 2.40. The molecule has 0 unspecified atom stereocenters. The molecule has 1 aromatic heterocycles. The molecule has 220 valence electrons. The minimum absolute atomic E-state index is 0.172. The molecule has 3 aromatic carbocycles. The molecule has 11 heteroatoms. The zero-order valence-electron chi connectivity index (χ0n) is 24.4. The molecule has 0 spiro atoms. The topological polar surface area (TPSA) is 117 Å². The van der Waals surface area contributed by atoms with Crippen molar-refractivity contribution in [2.24, 2.45) is 0 Å². The molecular formula is C31H35N5O6. The number of hydrogen-bond donors (Lipinski definition) is 1. The van der Waals surface area contributed by atoms with Gasteiger partial charge in [0.05, 0.1) is 19.7 Å². The molecule has 0 saturated carbocycles. The molecule has 0 saturated heterocycles. The van der Waals surface area contributed by atoms with Crippen molar-refractivity contribution < 1.29 is 28.5 Å². The molecule has 0 fully saturated rings. The van der Waals surface area contributed by atoms with Crippen molar-refractivity contribution in [3.8, 4) is 23.0 Å². The minimum atomic E-state index is -1.12. The molecule has 42 heavy (non-hydrogen) atoms. The maximum absolute atomic E-state index is 14.4. The average molecular weight is 574 g/mol. The van der Waals surface area contributed by atoms with Crippen molar-refractivity contribution >= 4 is 28.5 Å². The highest BCUT2D eigenvalue weighted by Gasteiger charge is 2.37. The highest BCUT2D eigenvalue weighted by molar-refractivity contribution is 6.02. The first-order valence-corrected chi connectivity index (χ1v) is 13.8. The van der Waals surface area contributed by atoms with Crippen molar-refractivity contribution in [1.82, 2.24) is 20.3 Å². The monoisotopic (exact) mass is 573 g/mol. The summed E-state index contributed by atoms with van der Waals surface area (Å²) in [6.45, 7) is 6.48. The molecule has 2 heterocycles. The number of aromatic nitrogens is 3. The Morgan fingerprint density at radius 2 is 1.79 bits per heavy atom. The number of nitrogens with one attached hydrogen (secondary N) is 1. The summed E-state index contributed by atoms with van der Waals surface area (Å²) < 4.78 is 24.2. The Morgan fingerprint density at radius 1 is 1.02 bits per heavy atom. The van der Waals surface area contributed by atoms with Crippen LogP contribution in [0.15, 0.2) is 60.7 Å². The maximum atomic E-state index is 14.4. The Balaban J connectivity index is 1.67. The number of hydrogen-bond acceptors (Lipinski definition) is 8. The van der Waals surface area contributed by atoms with Gasteiger partial charge in [-0.15, -0.1) is 5.10 Å². The number of benzene rings is 3. The van der Waals surface area contributed by atoms with Crippen molar-refractivity contribution in [3.05, 3.63) is 66.2 Å². The van der Waals surface area contributed by atoms with Gasteiger partial charge >= 0.3 is 0 Å². The number of methoxy groups -OCH3 is 2. The Morgan fingerprint density at radius 3 is 2.52 bits per heavy atom. The molecule has 1 N–H and O–H groups in total. The van der Waals surface area contributed by atoms with E-state index in [0.29, 0.717) is 64.9 Å². The number of amides is 2. The van der Waals surface area contributed by atoms with Crippen LogP contribution < -0.4 is 29.2 Å². The minimum Gasteiger partial charge on any atom is -0.497 e. The summed E-state index contributed by atoms with van der Waals surface area (Å²) in [6.07, 6.45) is 0.675. The van der Waals surface area contributed by atoms with E-state index in [2.05, 4.69) is 15.6 Å². The molecule has 2 amide bonds. The van der Waals surface area contributed by atoms with Gasteiger partial charge in [-0.3, -0.25) is 14.5 Å². The lowest BCUT2D eigenvalue weighted by Crippen LogP contribution is -2.51. The lowest BCUT2D eigenvalue weighted by Gasteiger charge is -2.35. The number of anilines is 1. The van der Waals surface area contributed by atoms with Gasteiger partial charge in [-0.05, 0) is 56.7 Å². The third-order valence-electron chi connectivity index (χ3n) is 7.37. The molecule has 4 aromatic rings. The van der Waals surface area contributed by atoms with Gasteiger partial charge in [0.2, 0.25) is 11.8 Å². The van der Waals surface area contributed by atoms with Gasteiger partial charge in [-0.2, -0.15) is 0 Å². The molecule has 0 bridgehead atoms. The Hall–Kier alpha value is -4.80. The van der Waals surface area contributed by atoms with E-state index >= 15 is 0 Å².